The third-order valence-corrected chi connectivity index (χ3v) is 1.35. The second-order valence-electron chi connectivity index (χ2n) is 1.86. The van der Waals surface area contributed by atoms with Crippen LogP contribution >= 0.6 is 11.6 Å². The number of nitrogen functional groups attached to an aromatic ring is 1. The van der Waals surface area contributed by atoms with E-state index in [0.717, 1.165) is 12.4 Å². The van der Waals surface area contributed by atoms with Crippen LogP contribution in [0.25, 0.3) is 0 Å². The molecule has 0 unspecified atom stereocenters. The molecule has 1 rings (SSSR count). The Hall–Kier alpha value is -1.16. The van der Waals surface area contributed by atoms with E-state index < -0.39 is 11.1 Å². The van der Waals surface area contributed by atoms with E-state index in [0.29, 0.717) is 0 Å². The van der Waals surface area contributed by atoms with E-state index in [4.69, 9.17) is 17.3 Å². The van der Waals surface area contributed by atoms with Gasteiger partial charge in [-0.2, -0.15) is 0 Å². The first-order chi connectivity index (χ1) is 5.13. The molecule has 1 aromatic rings. The molecule has 0 amide bonds. The normalized spacial score (nSPS) is 9.64. The highest BCUT2D eigenvalue weighted by atomic mass is 35.5. The lowest BCUT2D eigenvalue weighted by molar-refractivity contribution is 0.108. The minimum Gasteiger partial charge on any atom is -0.396 e. The smallest absolute Gasteiger partial charge is 0.256 e. The van der Waals surface area contributed by atoms with Crippen molar-refractivity contribution < 1.29 is 9.18 Å². The minimum atomic E-state index is -0.811. The van der Waals surface area contributed by atoms with Crippen molar-refractivity contribution >= 4 is 22.5 Å². The zero-order valence-corrected chi connectivity index (χ0v) is 6.10. The van der Waals surface area contributed by atoms with Crippen LogP contribution in [0.1, 0.15) is 10.4 Å². The molecule has 0 bridgehead atoms. The fraction of sp³-hybridized carbons (Fsp3) is 0. The van der Waals surface area contributed by atoms with Gasteiger partial charge in [0.15, 0.2) is 5.82 Å². The summed E-state index contributed by atoms with van der Waals surface area (Å²) in [4.78, 5) is 13.9. The average Bonchev–Trinajstić information content (AvgIpc) is 1.94. The molecule has 58 valence electrons. The maximum atomic E-state index is 12.5. The summed E-state index contributed by atoms with van der Waals surface area (Å²) in [5, 5.41) is -0.811. The van der Waals surface area contributed by atoms with Gasteiger partial charge in [0.1, 0.15) is 0 Å². The number of hydrogen-bond acceptors (Lipinski definition) is 3. The number of carbonyl (C=O) groups excluding carboxylic acids is 1. The number of aromatic nitrogens is 1. The van der Waals surface area contributed by atoms with Crippen molar-refractivity contribution in [2.75, 3.05) is 5.73 Å². The zero-order valence-electron chi connectivity index (χ0n) is 5.34. The van der Waals surface area contributed by atoms with Crippen LogP contribution < -0.4 is 5.73 Å². The van der Waals surface area contributed by atoms with E-state index >= 15 is 0 Å². The van der Waals surface area contributed by atoms with Gasteiger partial charge in [0.2, 0.25) is 0 Å². The highest BCUT2D eigenvalue weighted by molar-refractivity contribution is 6.68. The summed E-state index contributed by atoms with van der Waals surface area (Å²) in [6.45, 7) is 0. The van der Waals surface area contributed by atoms with Gasteiger partial charge >= 0.3 is 0 Å². The topological polar surface area (TPSA) is 56.0 Å². The number of nitrogens with two attached hydrogens (primary N) is 1. The Labute approximate surface area is 67.0 Å². The first kappa shape index (κ1) is 7.94. The number of rotatable bonds is 1. The van der Waals surface area contributed by atoms with E-state index in [1.165, 1.54) is 0 Å². The van der Waals surface area contributed by atoms with E-state index in [1.54, 1.807) is 0 Å². The van der Waals surface area contributed by atoms with Crippen LogP contribution in [-0.2, 0) is 0 Å². The molecule has 0 aliphatic carbocycles. The number of nitrogens with zero attached hydrogens (tertiary/aromatic N) is 1. The SMILES string of the molecule is Nc1c(F)cncc1C(=O)Cl. The van der Waals surface area contributed by atoms with Crippen LogP contribution in [0, 0.1) is 5.82 Å². The Morgan fingerprint density at radius 3 is 2.73 bits per heavy atom. The van der Waals surface area contributed by atoms with Gasteiger partial charge < -0.3 is 5.73 Å². The molecule has 0 aromatic carbocycles. The van der Waals surface area contributed by atoms with E-state index in [1.807, 2.05) is 0 Å². The van der Waals surface area contributed by atoms with Crippen molar-refractivity contribution in [1.82, 2.24) is 4.98 Å². The van der Waals surface area contributed by atoms with Crippen LogP contribution in [-0.4, -0.2) is 10.2 Å². The molecule has 0 atom stereocenters. The molecular formula is C6H4ClFN2O. The van der Waals surface area contributed by atoms with Gasteiger partial charge in [-0.15, -0.1) is 0 Å². The lowest BCUT2D eigenvalue weighted by atomic mass is 10.2. The van der Waals surface area contributed by atoms with E-state index in [2.05, 4.69) is 4.98 Å². The Bertz CT molecular complexity index is 303. The molecule has 0 saturated carbocycles. The zero-order chi connectivity index (χ0) is 8.43. The molecule has 5 heteroatoms. The second kappa shape index (κ2) is 2.84. The molecule has 0 saturated heterocycles. The predicted molar refractivity (Wildman–Crippen MR) is 38.8 cm³/mol. The van der Waals surface area contributed by atoms with Crippen LogP contribution in [0.3, 0.4) is 0 Å². The summed E-state index contributed by atoms with van der Waals surface area (Å²) < 4.78 is 12.5. The predicted octanol–water partition coefficient (Wildman–Crippen LogP) is 1.18. The van der Waals surface area contributed by atoms with Gasteiger partial charge in [-0.25, -0.2) is 4.39 Å². The average molecular weight is 175 g/mol. The maximum Gasteiger partial charge on any atom is 0.256 e. The fourth-order valence-electron chi connectivity index (χ4n) is 0.602. The maximum absolute atomic E-state index is 12.5. The number of carbonyl (C=O) groups is 1. The standard InChI is InChI=1S/C6H4ClFN2O/c7-6(11)3-1-10-2-4(8)5(3)9/h1-2H,(H2,9,10). The molecular weight excluding hydrogens is 171 g/mol. The third-order valence-electron chi connectivity index (χ3n) is 1.15. The largest absolute Gasteiger partial charge is 0.396 e. The van der Waals surface area contributed by atoms with Gasteiger partial charge in [0.05, 0.1) is 17.4 Å². The molecule has 11 heavy (non-hydrogen) atoms. The summed E-state index contributed by atoms with van der Waals surface area (Å²) in [7, 11) is 0. The Morgan fingerprint density at radius 1 is 1.64 bits per heavy atom. The molecule has 2 N–H and O–H groups in total. The molecule has 0 aliphatic rings. The van der Waals surface area contributed by atoms with Crippen molar-refractivity contribution in [2.45, 2.75) is 0 Å². The van der Waals surface area contributed by atoms with Gasteiger partial charge in [0.25, 0.3) is 5.24 Å². The van der Waals surface area contributed by atoms with Gasteiger partial charge in [-0.05, 0) is 11.6 Å². The minimum absolute atomic E-state index is 0.105. The lowest BCUT2D eigenvalue weighted by Crippen LogP contribution is -2.01. The number of halogens is 2. The summed E-state index contributed by atoms with van der Waals surface area (Å²) in [5.41, 5.74) is 4.79. The van der Waals surface area contributed by atoms with Gasteiger partial charge in [-0.1, -0.05) is 0 Å². The Balaban J connectivity index is 3.27. The monoisotopic (exact) mass is 174 g/mol. The van der Waals surface area contributed by atoms with Crippen molar-refractivity contribution in [3.05, 3.63) is 23.8 Å². The van der Waals surface area contributed by atoms with Crippen LogP contribution in [0.5, 0.6) is 0 Å². The molecule has 0 spiro atoms. The second-order valence-corrected chi connectivity index (χ2v) is 2.20. The van der Waals surface area contributed by atoms with Crippen molar-refractivity contribution in [3.63, 3.8) is 0 Å². The first-order valence-corrected chi connectivity index (χ1v) is 3.09. The molecule has 0 fully saturated rings. The number of anilines is 1. The third kappa shape index (κ3) is 1.46. The van der Waals surface area contributed by atoms with Crippen molar-refractivity contribution in [3.8, 4) is 0 Å². The van der Waals surface area contributed by atoms with Crippen LogP contribution in [0.4, 0.5) is 10.1 Å². The number of pyridine rings is 1. The van der Waals surface area contributed by atoms with Crippen molar-refractivity contribution in [1.29, 1.82) is 0 Å². The molecule has 0 aliphatic heterocycles. The number of hydrogen-bond donors (Lipinski definition) is 1. The van der Waals surface area contributed by atoms with E-state index in [9.17, 15) is 9.18 Å². The summed E-state index contributed by atoms with van der Waals surface area (Å²) in [6.07, 6.45) is 2.03. The van der Waals surface area contributed by atoms with E-state index in [-0.39, 0.29) is 11.3 Å². The van der Waals surface area contributed by atoms with Crippen molar-refractivity contribution in [2.24, 2.45) is 0 Å². The fourth-order valence-corrected chi connectivity index (χ4v) is 0.752. The Morgan fingerprint density at radius 2 is 2.27 bits per heavy atom. The molecule has 1 heterocycles. The van der Waals surface area contributed by atoms with Crippen LogP contribution in [0.15, 0.2) is 12.4 Å². The van der Waals surface area contributed by atoms with Gasteiger partial charge in [0, 0.05) is 6.20 Å². The summed E-state index contributed by atoms with van der Waals surface area (Å²) in [5.74, 6) is -0.739. The summed E-state index contributed by atoms with van der Waals surface area (Å²) in [6, 6.07) is 0. The molecule has 0 radical (unpaired) electrons. The van der Waals surface area contributed by atoms with Gasteiger partial charge in [-0.3, -0.25) is 9.78 Å². The Kier molecular flexibility index (Phi) is 2.05. The summed E-state index contributed by atoms with van der Waals surface area (Å²) >= 11 is 5.05. The lowest BCUT2D eigenvalue weighted by Gasteiger charge is -1.98. The first-order valence-electron chi connectivity index (χ1n) is 2.71. The highest BCUT2D eigenvalue weighted by Crippen LogP contribution is 2.15. The highest BCUT2D eigenvalue weighted by Gasteiger charge is 2.09. The molecule has 3 nitrogen and oxygen atoms in total. The van der Waals surface area contributed by atoms with Crippen LogP contribution in [0.2, 0.25) is 0 Å². The quantitative estimate of drug-likeness (QED) is 0.651. The molecule has 1 aromatic heterocycles.